The van der Waals surface area contributed by atoms with Crippen LogP contribution in [0.2, 0.25) is 0 Å². The van der Waals surface area contributed by atoms with Crippen molar-refractivity contribution in [3.8, 4) is 0 Å². The second kappa shape index (κ2) is 23.6. The number of rotatable bonds is 24. The fourth-order valence-corrected chi connectivity index (χ4v) is 7.09. The first-order chi connectivity index (χ1) is 26.7. The molecule has 0 atom stereocenters. The molecule has 20 heteroatoms. The smallest absolute Gasteiger partial charge is 0.460 e. The maximum absolute atomic E-state index is 12.2. The van der Waals surface area contributed by atoms with E-state index in [-0.39, 0.29) is 10.9 Å². The van der Waals surface area contributed by atoms with Crippen molar-refractivity contribution >= 4 is 21.0 Å². The van der Waals surface area contributed by atoms with Gasteiger partial charge in [0, 0.05) is 21.3 Å². The first-order valence-electron chi connectivity index (χ1n) is 17.1. The molecule has 3 aromatic rings. The van der Waals surface area contributed by atoms with E-state index in [0.29, 0.717) is 59.5 Å². The van der Waals surface area contributed by atoms with Crippen LogP contribution >= 0.6 is 0 Å². The van der Waals surface area contributed by atoms with Crippen LogP contribution in [0.15, 0.2) is 87.5 Å². The lowest BCUT2D eigenvalue weighted by Crippen LogP contribution is -2.63. The standard InChI is InChI=1S/C33H45O6S.C4HF9O3S/c1-34-22-25-37-19-16-28-4-10-31(11-5-28)40(32-12-6-29(7-13-32)17-20-38-26-23-35-2)33-14-8-30(9-15-33)18-21-39-27-24-36-3;5-1(6,3(9,10)11)2(7,8)4(12,13)17(14,15)16/h4-15H,16-27H2,1-3H3;(H,14,15,16)/q+1;/p-1. The van der Waals surface area contributed by atoms with Gasteiger partial charge in [0.25, 0.3) is 0 Å². The number of hydrogen-bond acceptors (Lipinski definition) is 9. The minimum atomic E-state index is -7.43. The predicted molar refractivity (Wildman–Crippen MR) is 191 cm³/mol. The molecule has 0 aliphatic rings. The topological polar surface area (TPSA) is 113 Å². The van der Waals surface area contributed by atoms with E-state index < -0.39 is 33.4 Å². The summed E-state index contributed by atoms with van der Waals surface area (Å²) in [5.41, 5.74) is 3.83. The molecule has 3 rings (SSSR count). The second-order valence-corrected chi connectivity index (χ2v) is 15.4. The Balaban J connectivity index is 0.000000555. The molecule has 0 aliphatic carbocycles. The van der Waals surface area contributed by atoms with Gasteiger partial charge < -0.3 is 33.0 Å². The molecule has 0 aliphatic heterocycles. The minimum absolute atomic E-state index is 0.213. The molecule has 0 amide bonds. The van der Waals surface area contributed by atoms with Gasteiger partial charge in [-0.05, 0) is 72.4 Å². The summed E-state index contributed by atoms with van der Waals surface area (Å²) in [4.78, 5) is 3.90. The Morgan fingerprint density at radius 2 is 0.754 bits per heavy atom. The van der Waals surface area contributed by atoms with Crippen LogP contribution in [-0.4, -0.2) is 117 Å². The Bertz CT molecular complexity index is 1540. The number of ether oxygens (including phenoxy) is 6. The minimum Gasteiger partial charge on any atom is -0.743 e. The van der Waals surface area contributed by atoms with Crippen molar-refractivity contribution in [2.24, 2.45) is 0 Å². The van der Waals surface area contributed by atoms with Gasteiger partial charge in [-0.25, -0.2) is 8.42 Å². The maximum atomic E-state index is 12.2. The van der Waals surface area contributed by atoms with Gasteiger partial charge in [-0.15, -0.1) is 0 Å². The third-order valence-electron chi connectivity index (χ3n) is 7.81. The van der Waals surface area contributed by atoms with Gasteiger partial charge in [0.15, 0.2) is 24.8 Å². The predicted octanol–water partition coefficient (Wildman–Crippen LogP) is 7.36. The Morgan fingerprint density at radius 3 is 0.982 bits per heavy atom. The van der Waals surface area contributed by atoms with Crippen molar-refractivity contribution in [2.45, 2.75) is 57.2 Å². The summed E-state index contributed by atoms with van der Waals surface area (Å²) in [6.07, 6.45) is -4.50. The van der Waals surface area contributed by atoms with Crippen molar-refractivity contribution in [3.05, 3.63) is 89.5 Å². The van der Waals surface area contributed by atoms with E-state index in [0.717, 1.165) is 19.3 Å². The van der Waals surface area contributed by atoms with Gasteiger partial charge in [0.1, 0.15) is 0 Å². The molecule has 0 saturated heterocycles. The van der Waals surface area contributed by atoms with Crippen molar-refractivity contribution in [1.29, 1.82) is 0 Å². The molecule has 57 heavy (non-hydrogen) atoms. The van der Waals surface area contributed by atoms with Crippen LogP contribution in [0, 0.1) is 0 Å². The summed E-state index contributed by atoms with van der Waals surface area (Å²) in [5, 5.41) is -7.11. The number of methoxy groups -OCH3 is 3. The maximum Gasteiger partial charge on any atom is 0.460 e. The highest BCUT2D eigenvalue weighted by Gasteiger charge is 2.83. The third-order valence-corrected chi connectivity index (χ3v) is 10.9. The van der Waals surface area contributed by atoms with E-state index in [2.05, 4.69) is 72.8 Å². The molecule has 3 aromatic carbocycles. The van der Waals surface area contributed by atoms with E-state index >= 15 is 0 Å². The first kappa shape index (κ1) is 50.2. The van der Waals surface area contributed by atoms with Gasteiger partial charge in [-0.1, -0.05) is 36.4 Å². The molecule has 0 N–H and O–H groups in total. The Morgan fingerprint density at radius 1 is 0.474 bits per heavy atom. The Hall–Kier alpha value is -2.95. The molecule has 9 nitrogen and oxygen atoms in total. The van der Waals surface area contributed by atoms with Crippen LogP contribution < -0.4 is 0 Å². The summed E-state index contributed by atoms with van der Waals surface area (Å²) in [6.45, 7) is 5.85. The van der Waals surface area contributed by atoms with E-state index in [4.69, 9.17) is 28.4 Å². The monoisotopic (exact) mass is 868 g/mol. The first-order valence-corrected chi connectivity index (χ1v) is 19.7. The molecule has 0 bridgehead atoms. The molecule has 322 valence electrons. The quantitative estimate of drug-likeness (QED) is 0.0395. The molecule has 0 fully saturated rings. The average Bonchev–Trinajstić information content (AvgIpc) is 3.15. The highest BCUT2D eigenvalue weighted by molar-refractivity contribution is 7.97. The molecular weight excluding hydrogens is 824 g/mol. The van der Waals surface area contributed by atoms with Crippen LogP contribution in [0.5, 0.6) is 0 Å². The van der Waals surface area contributed by atoms with Gasteiger partial charge in [0.05, 0.1) is 70.4 Å². The zero-order chi connectivity index (χ0) is 42.8. The molecule has 0 heterocycles. The van der Waals surface area contributed by atoms with Crippen molar-refractivity contribution in [1.82, 2.24) is 0 Å². The van der Waals surface area contributed by atoms with Gasteiger partial charge in [-0.2, -0.15) is 39.5 Å². The van der Waals surface area contributed by atoms with E-state index in [9.17, 15) is 52.5 Å². The Labute approximate surface area is 328 Å². The number of benzene rings is 3. The van der Waals surface area contributed by atoms with Gasteiger partial charge in [-0.3, -0.25) is 0 Å². The van der Waals surface area contributed by atoms with E-state index in [1.165, 1.54) is 31.4 Å². The normalized spacial score (nSPS) is 12.8. The number of halogens is 9. The van der Waals surface area contributed by atoms with E-state index in [1.54, 1.807) is 21.3 Å². The lowest BCUT2D eigenvalue weighted by molar-refractivity contribution is -0.382. The number of alkyl halides is 9. The highest BCUT2D eigenvalue weighted by atomic mass is 32.2. The summed E-state index contributed by atoms with van der Waals surface area (Å²) >= 11 is 0. The molecule has 0 aromatic heterocycles. The number of hydrogen-bond donors (Lipinski definition) is 0. The molecule has 0 radical (unpaired) electrons. The Kier molecular flexibility index (Phi) is 20.8. The van der Waals surface area contributed by atoms with Crippen molar-refractivity contribution in [2.75, 3.05) is 80.8 Å². The fraction of sp³-hybridized carbons (Fsp3) is 0.514. The lowest BCUT2D eigenvalue weighted by atomic mass is 10.1. The lowest BCUT2D eigenvalue weighted by Gasteiger charge is -2.34. The summed E-state index contributed by atoms with van der Waals surface area (Å²) in [5.74, 6) is -14.8. The van der Waals surface area contributed by atoms with Crippen LogP contribution in [0.25, 0.3) is 0 Å². The summed E-state index contributed by atoms with van der Waals surface area (Å²) in [7, 11) is -2.55. The zero-order valence-corrected chi connectivity index (χ0v) is 32.9. The summed E-state index contributed by atoms with van der Waals surface area (Å²) < 4.78 is 168. The van der Waals surface area contributed by atoms with Gasteiger partial charge in [0.2, 0.25) is 0 Å². The molecule has 0 unspecified atom stereocenters. The molecule has 0 spiro atoms. The fourth-order valence-electron chi connectivity index (χ4n) is 4.61. The largest absolute Gasteiger partial charge is 0.743 e. The van der Waals surface area contributed by atoms with Crippen LogP contribution in [0.3, 0.4) is 0 Å². The third kappa shape index (κ3) is 15.0. The van der Waals surface area contributed by atoms with Crippen molar-refractivity contribution in [3.63, 3.8) is 0 Å². The van der Waals surface area contributed by atoms with Crippen LogP contribution in [0.4, 0.5) is 39.5 Å². The zero-order valence-electron chi connectivity index (χ0n) is 31.3. The van der Waals surface area contributed by atoms with Crippen molar-refractivity contribution < 1.29 is 80.9 Å². The average molecular weight is 869 g/mol. The van der Waals surface area contributed by atoms with E-state index in [1.807, 2.05) is 0 Å². The summed E-state index contributed by atoms with van der Waals surface area (Å²) in [6, 6.07) is 27.0. The molecular formula is C37H45F9O9S2. The van der Waals surface area contributed by atoms with Crippen LogP contribution in [-0.2, 0) is 68.7 Å². The SMILES string of the molecule is COCCOCCc1ccc([S+](c2ccc(CCOCCOC)cc2)c2ccc(CCOCCOC)cc2)cc1.O=S(=O)([O-])C(F)(F)C(F)(F)C(F)(F)C(F)(F)F. The van der Waals surface area contributed by atoms with Crippen LogP contribution in [0.1, 0.15) is 16.7 Å². The molecule has 0 saturated carbocycles. The highest BCUT2D eigenvalue weighted by Crippen LogP contribution is 2.54. The van der Waals surface area contributed by atoms with Gasteiger partial charge >= 0.3 is 23.3 Å². The second-order valence-electron chi connectivity index (χ2n) is 11.9.